The molecule has 0 bridgehead atoms. The van der Waals surface area contributed by atoms with E-state index in [4.69, 9.17) is 0 Å². The maximum absolute atomic E-state index is 2.42. The molecule has 3 aromatic carbocycles. The molecule has 0 saturated carbocycles. The minimum Gasteiger partial charge on any atom is -0.194 e. The first kappa shape index (κ1) is 19.6. The number of benzene rings is 3. The normalized spacial score (nSPS) is 12.3. The van der Waals surface area contributed by atoms with Gasteiger partial charge in [-0.1, -0.05) is 65.0 Å². The van der Waals surface area contributed by atoms with Gasteiger partial charge in [0.1, 0.15) is 7.05 Å². The van der Waals surface area contributed by atoms with Crippen LogP contribution in [-0.2, 0) is 12.5 Å². The van der Waals surface area contributed by atoms with Gasteiger partial charge in [-0.15, -0.1) is 0 Å². The van der Waals surface area contributed by atoms with Crippen molar-refractivity contribution >= 4 is 21.7 Å². The summed E-state index contributed by atoms with van der Waals surface area (Å²) in [6.45, 7) is 13.7. The molecule has 0 fully saturated rings. The second-order valence-electron chi connectivity index (χ2n) is 9.64. The molecular weight excluding hydrogens is 350 g/mol. The maximum Gasteiger partial charge on any atom is 0.213 e. The average Bonchev–Trinajstić information content (AvgIpc) is 2.68. The molecule has 0 radical (unpaired) electrons. The van der Waals surface area contributed by atoms with Crippen molar-refractivity contribution < 1.29 is 4.57 Å². The smallest absolute Gasteiger partial charge is 0.194 e. The van der Waals surface area contributed by atoms with Crippen LogP contribution in [0.15, 0.2) is 60.7 Å². The molecule has 0 spiro atoms. The summed E-state index contributed by atoms with van der Waals surface area (Å²) >= 11 is 0. The van der Waals surface area contributed by atoms with E-state index in [1.165, 1.54) is 49.6 Å². The van der Waals surface area contributed by atoms with E-state index in [-0.39, 0.29) is 5.41 Å². The minimum atomic E-state index is 0.0856. The first-order valence-corrected chi connectivity index (χ1v) is 10.6. The second-order valence-corrected chi connectivity index (χ2v) is 9.64. The lowest BCUT2D eigenvalue weighted by molar-refractivity contribution is -0.633. The van der Waals surface area contributed by atoms with E-state index in [2.05, 4.69) is 114 Å². The standard InChI is InChI=1S/C28H32N/c1-18(2)21-13-12-20-14-15-26(29(7)27(20)16-21)24-17-25(28(4,5)6)23-11-9-8-10-22(23)19(24)3/h8-18H,1-7H3/q+1. The van der Waals surface area contributed by atoms with E-state index in [9.17, 15) is 0 Å². The van der Waals surface area contributed by atoms with Crippen molar-refractivity contribution in [2.75, 3.05) is 0 Å². The second kappa shape index (κ2) is 6.99. The van der Waals surface area contributed by atoms with Crippen molar-refractivity contribution in [3.8, 4) is 11.3 Å². The SMILES string of the molecule is Cc1c(-c2ccc3ccc(C(C)C)cc3[n+]2C)cc(C(C)(C)C)c2ccccc12. The number of aryl methyl sites for hydroxylation is 2. The number of hydrogen-bond acceptors (Lipinski definition) is 0. The Morgan fingerprint density at radius 2 is 1.48 bits per heavy atom. The van der Waals surface area contributed by atoms with Crippen molar-refractivity contribution in [2.24, 2.45) is 7.05 Å². The van der Waals surface area contributed by atoms with Gasteiger partial charge in [-0.05, 0) is 63.9 Å². The van der Waals surface area contributed by atoms with Crippen LogP contribution >= 0.6 is 0 Å². The number of nitrogens with zero attached hydrogens (tertiary/aromatic N) is 1. The Balaban J connectivity index is 2.05. The Bertz CT molecular complexity index is 1220. The number of pyridine rings is 1. The summed E-state index contributed by atoms with van der Waals surface area (Å²) in [5, 5.41) is 4.01. The highest BCUT2D eigenvalue weighted by Gasteiger charge is 2.23. The zero-order valence-electron chi connectivity index (χ0n) is 18.8. The molecule has 4 aromatic rings. The molecule has 0 amide bonds. The predicted molar refractivity (Wildman–Crippen MR) is 126 cm³/mol. The molecular formula is C28H32N+. The van der Waals surface area contributed by atoms with E-state index in [0.717, 1.165) is 0 Å². The Morgan fingerprint density at radius 1 is 0.828 bits per heavy atom. The Hall–Kier alpha value is -2.67. The van der Waals surface area contributed by atoms with Crippen molar-refractivity contribution in [1.82, 2.24) is 0 Å². The first-order chi connectivity index (χ1) is 13.7. The summed E-state index contributed by atoms with van der Waals surface area (Å²) in [5.41, 5.74) is 8.12. The van der Waals surface area contributed by atoms with E-state index in [1.54, 1.807) is 0 Å². The third kappa shape index (κ3) is 3.33. The van der Waals surface area contributed by atoms with Gasteiger partial charge >= 0.3 is 0 Å². The summed E-state index contributed by atoms with van der Waals surface area (Å²) in [6, 6.07) is 22.7. The van der Waals surface area contributed by atoms with Gasteiger partial charge in [0.15, 0.2) is 0 Å². The lowest BCUT2D eigenvalue weighted by atomic mass is 9.80. The highest BCUT2D eigenvalue weighted by Crippen LogP contribution is 2.37. The summed E-state index contributed by atoms with van der Waals surface area (Å²) in [6.07, 6.45) is 0. The van der Waals surface area contributed by atoms with Crippen LogP contribution in [0.3, 0.4) is 0 Å². The molecule has 0 unspecified atom stereocenters. The largest absolute Gasteiger partial charge is 0.213 e. The molecule has 0 aliphatic heterocycles. The number of hydrogen-bond donors (Lipinski definition) is 0. The average molecular weight is 383 g/mol. The Labute approximate surface area is 175 Å². The van der Waals surface area contributed by atoms with Gasteiger partial charge in [-0.2, -0.15) is 4.57 Å². The van der Waals surface area contributed by atoms with Crippen LogP contribution in [0.2, 0.25) is 0 Å². The minimum absolute atomic E-state index is 0.0856. The molecule has 1 aromatic heterocycles. The zero-order chi connectivity index (χ0) is 20.9. The van der Waals surface area contributed by atoms with E-state index >= 15 is 0 Å². The van der Waals surface area contributed by atoms with E-state index in [1.807, 2.05) is 0 Å². The van der Waals surface area contributed by atoms with Gasteiger partial charge in [0.25, 0.3) is 0 Å². The fourth-order valence-corrected chi connectivity index (χ4v) is 4.44. The predicted octanol–water partition coefficient (Wildman–Crippen LogP) is 7.21. The number of rotatable bonds is 2. The molecule has 0 atom stereocenters. The van der Waals surface area contributed by atoms with Crippen LogP contribution in [0, 0.1) is 6.92 Å². The maximum atomic E-state index is 2.42. The molecule has 0 aliphatic rings. The fourth-order valence-electron chi connectivity index (χ4n) is 4.44. The lowest BCUT2D eigenvalue weighted by Crippen LogP contribution is -2.32. The number of fused-ring (bicyclic) bond motifs is 2. The Morgan fingerprint density at radius 3 is 2.14 bits per heavy atom. The zero-order valence-corrected chi connectivity index (χ0v) is 18.8. The third-order valence-electron chi connectivity index (χ3n) is 6.26. The van der Waals surface area contributed by atoms with Gasteiger partial charge in [-0.3, -0.25) is 0 Å². The summed E-state index contributed by atoms with van der Waals surface area (Å²) in [4.78, 5) is 0. The van der Waals surface area contributed by atoms with Crippen molar-refractivity contribution in [1.29, 1.82) is 0 Å². The van der Waals surface area contributed by atoms with Gasteiger partial charge in [-0.25, -0.2) is 0 Å². The van der Waals surface area contributed by atoms with Crippen LogP contribution in [0.1, 0.15) is 57.2 Å². The molecule has 29 heavy (non-hydrogen) atoms. The van der Waals surface area contributed by atoms with Gasteiger partial charge in [0, 0.05) is 23.1 Å². The fraction of sp³-hybridized carbons (Fsp3) is 0.321. The van der Waals surface area contributed by atoms with Crippen LogP contribution in [-0.4, -0.2) is 0 Å². The van der Waals surface area contributed by atoms with Crippen LogP contribution in [0.4, 0.5) is 0 Å². The topological polar surface area (TPSA) is 3.88 Å². The summed E-state index contributed by atoms with van der Waals surface area (Å²) in [5.74, 6) is 0.526. The van der Waals surface area contributed by atoms with Crippen molar-refractivity contribution in [3.05, 3.63) is 77.4 Å². The highest BCUT2D eigenvalue weighted by molar-refractivity contribution is 5.94. The summed E-state index contributed by atoms with van der Waals surface area (Å²) in [7, 11) is 2.20. The molecule has 1 heterocycles. The van der Waals surface area contributed by atoms with Crippen LogP contribution < -0.4 is 4.57 Å². The van der Waals surface area contributed by atoms with Crippen molar-refractivity contribution in [2.45, 2.75) is 52.9 Å². The molecule has 1 nitrogen and oxygen atoms in total. The van der Waals surface area contributed by atoms with Crippen LogP contribution in [0.5, 0.6) is 0 Å². The van der Waals surface area contributed by atoms with Crippen molar-refractivity contribution in [3.63, 3.8) is 0 Å². The van der Waals surface area contributed by atoms with E-state index in [0.29, 0.717) is 5.92 Å². The van der Waals surface area contributed by atoms with Gasteiger partial charge in [0.05, 0.1) is 0 Å². The molecule has 0 aliphatic carbocycles. The molecule has 1 heteroatoms. The summed E-state index contributed by atoms with van der Waals surface area (Å²) < 4.78 is 2.37. The molecule has 0 saturated heterocycles. The van der Waals surface area contributed by atoms with Gasteiger partial charge < -0.3 is 0 Å². The molecule has 148 valence electrons. The third-order valence-corrected chi connectivity index (χ3v) is 6.26. The quantitative estimate of drug-likeness (QED) is 0.322. The molecule has 4 rings (SSSR count). The molecule has 0 N–H and O–H groups in total. The lowest BCUT2D eigenvalue weighted by Gasteiger charge is -2.24. The van der Waals surface area contributed by atoms with Crippen LogP contribution in [0.25, 0.3) is 32.9 Å². The van der Waals surface area contributed by atoms with E-state index < -0.39 is 0 Å². The Kier molecular flexibility index (Phi) is 4.73. The monoisotopic (exact) mass is 382 g/mol. The highest BCUT2D eigenvalue weighted by atomic mass is 14.9. The number of aromatic nitrogens is 1. The van der Waals surface area contributed by atoms with Gasteiger partial charge in [0.2, 0.25) is 11.2 Å². The first-order valence-electron chi connectivity index (χ1n) is 10.6.